The van der Waals surface area contributed by atoms with Crippen molar-refractivity contribution in [2.75, 3.05) is 13.1 Å². The average Bonchev–Trinajstić information content (AvgIpc) is 2.29. The van der Waals surface area contributed by atoms with Gasteiger partial charge in [0, 0.05) is 12.1 Å². The van der Waals surface area contributed by atoms with Gasteiger partial charge in [-0.2, -0.15) is 0 Å². The summed E-state index contributed by atoms with van der Waals surface area (Å²) in [6.07, 6.45) is 2.77. The van der Waals surface area contributed by atoms with Gasteiger partial charge in [-0.1, -0.05) is 20.8 Å². The van der Waals surface area contributed by atoms with Crippen molar-refractivity contribution in [3.05, 3.63) is 0 Å². The Morgan fingerprint density at radius 2 is 1.64 bits per heavy atom. The van der Waals surface area contributed by atoms with Gasteiger partial charge < -0.3 is 0 Å². The van der Waals surface area contributed by atoms with Crippen molar-refractivity contribution < 1.29 is 0 Å². The molecule has 14 heavy (non-hydrogen) atoms. The molecule has 1 aliphatic rings. The van der Waals surface area contributed by atoms with Crippen LogP contribution < -0.4 is 0 Å². The maximum atomic E-state index is 2.63. The molecule has 0 spiro atoms. The maximum absolute atomic E-state index is 2.63. The third-order valence-corrected chi connectivity index (χ3v) is 3.14. The van der Waals surface area contributed by atoms with E-state index in [9.17, 15) is 0 Å². The van der Waals surface area contributed by atoms with Crippen molar-refractivity contribution in [3.63, 3.8) is 0 Å². The minimum Gasteiger partial charge on any atom is -0.298 e. The highest BCUT2D eigenvalue weighted by atomic mass is 15.2. The fourth-order valence-electron chi connectivity index (χ4n) is 2.47. The van der Waals surface area contributed by atoms with Gasteiger partial charge >= 0.3 is 0 Å². The summed E-state index contributed by atoms with van der Waals surface area (Å²) in [4.78, 5) is 2.63. The molecule has 1 heteroatoms. The standard InChI is InChI=1S/C13H27N/c1-12(2,3)9-11-7-8-14(10-11)13(4,5)6/h11H,7-10H2,1-6H3/t11-/m0/s1. The molecule has 0 unspecified atom stereocenters. The van der Waals surface area contributed by atoms with Gasteiger partial charge in [0.15, 0.2) is 0 Å². The number of nitrogens with zero attached hydrogens (tertiary/aromatic N) is 1. The second-order valence-electron chi connectivity index (χ2n) is 7.04. The third kappa shape index (κ3) is 3.61. The van der Waals surface area contributed by atoms with Gasteiger partial charge in [-0.3, -0.25) is 4.90 Å². The average molecular weight is 197 g/mol. The normalized spacial score (nSPS) is 25.7. The van der Waals surface area contributed by atoms with Crippen LogP contribution in [-0.2, 0) is 0 Å². The summed E-state index contributed by atoms with van der Waals surface area (Å²) < 4.78 is 0. The van der Waals surface area contributed by atoms with Crippen LogP contribution in [-0.4, -0.2) is 23.5 Å². The van der Waals surface area contributed by atoms with Crippen molar-refractivity contribution in [2.24, 2.45) is 11.3 Å². The molecule has 1 fully saturated rings. The Hall–Kier alpha value is -0.0400. The van der Waals surface area contributed by atoms with E-state index in [0.717, 1.165) is 5.92 Å². The summed E-state index contributed by atoms with van der Waals surface area (Å²) in [5, 5.41) is 0. The maximum Gasteiger partial charge on any atom is 0.0125 e. The molecule has 0 aromatic heterocycles. The molecule has 0 saturated carbocycles. The van der Waals surface area contributed by atoms with Crippen LogP contribution in [0.1, 0.15) is 54.4 Å². The molecule has 0 N–H and O–H groups in total. The van der Waals surface area contributed by atoms with Crippen LogP contribution in [0.3, 0.4) is 0 Å². The first kappa shape index (κ1) is 12.0. The van der Waals surface area contributed by atoms with Crippen molar-refractivity contribution in [2.45, 2.75) is 59.9 Å². The van der Waals surface area contributed by atoms with E-state index >= 15 is 0 Å². The van der Waals surface area contributed by atoms with E-state index in [2.05, 4.69) is 46.4 Å². The van der Waals surface area contributed by atoms with Crippen LogP contribution in [0.4, 0.5) is 0 Å². The van der Waals surface area contributed by atoms with E-state index in [0.29, 0.717) is 11.0 Å². The second kappa shape index (κ2) is 3.84. The highest BCUT2D eigenvalue weighted by Crippen LogP contribution is 2.32. The number of rotatable bonds is 1. The first-order chi connectivity index (χ1) is 6.18. The van der Waals surface area contributed by atoms with E-state index < -0.39 is 0 Å². The monoisotopic (exact) mass is 197 g/mol. The summed E-state index contributed by atoms with van der Waals surface area (Å²) in [5.74, 6) is 0.925. The van der Waals surface area contributed by atoms with E-state index in [-0.39, 0.29) is 0 Å². The molecule has 1 rings (SSSR count). The van der Waals surface area contributed by atoms with Gasteiger partial charge in [-0.25, -0.2) is 0 Å². The number of hydrogen-bond acceptors (Lipinski definition) is 1. The molecule has 1 saturated heterocycles. The van der Waals surface area contributed by atoms with E-state index in [1.165, 1.54) is 25.9 Å². The summed E-state index contributed by atoms with van der Waals surface area (Å²) in [7, 11) is 0. The largest absolute Gasteiger partial charge is 0.298 e. The van der Waals surface area contributed by atoms with Gasteiger partial charge in [0.25, 0.3) is 0 Å². The molecule has 1 aliphatic heterocycles. The SMILES string of the molecule is CC(C)(C)C[C@@H]1CCN(C(C)(C)C)C1. The Bertz CT molecular complexity index is 182. The highest BCUT2D eigenvalue weighted by Gasteiger charge is 2.31. The number of hydrogen-bond donors (Lipinski definition) is 0. The molecule has 1 atom stereocenters. The van der Waals surface area contributed by atoms with E-state index in [4.69, 9.17) is 0 Å². The van der Waals surface area contributed by atoms with Gasteiger partial charge in [-0.05, 0) is 51.5 Å². The quantitative estimate of drug-likeness (QED) is 0.621. The van der Waals surface area contributed by atoms with Gasteiger partial charge in [-0.15, -0.1) is 0 Å². The second-order valence-corrected chi connectivity index (χ2v) is 7.04. The summed E-state index contributed by atoms with van der Waals surface area (Å²) in [5.41, 5.74) is 0.866. The summed E-state index contributed by atoms with van der Waals surface area (Å²) in [6.45, 7) is 16.6. The van der Waals surface area contributed by atoms with E-state index in [1.807, 2.05) is 0 Å². The van der Waals surface area contributed by atoms with E-state index in [1.54, 1.807) is 0 Å². The molecule has 0 bridgehead atoms. The zero-order valence-corrected chi connectivity index (χ0v) is 10.9. The van der Waals surface area contributed by atoms with Crippen molar-refractivity contribution >= 4 is 0 Å². The Morgan fingerprint density at radius 1 is 1.07 bits per heavy atom. The molecule has 0 amide bonds. The Labute approximate surface area is 89.9 Å². The lowest BCUT2D eigenvalue weighted by atomic mass is 9.84. The number of likely N-dealkylation sites (tertiary alicyclic amines) is 1. The van der Waals surface area contributed by atoms with Crippen LogP contribution in [0.5, 0.6) is 0 Å². The van der Waals surface area contributed by atoms with Crippen LogP contribution >= 0.6 is 0 Å². The lowest BCUT2D eigenvalue weighted by Crippen LogP contribution is -2.39. The molecule has 1 heterocycles. The van der Waals surface area contributed by atoms with Crippen LogP contribution in [0.25, 0.3) is 0 Å². The van der Waals surface area contributed by atoms with Crippen molar-refractivity contribution in [1.82, 2.24) is 4.90 Å². The minimum absolute atomic E-state index is 0.368. The highest BCUT2D eigenvalue weighted by molar-refractivity contribution is 4.86. The zero-order chi connectivity index (χ0) is 11.0. The minimum atomic E-state index is 0.368. The van der Waals surface area contributed by atoms with Crippen molar-refractivity contribution in [1.29, 1.82) is 0 Å². The predicted molar refractivity (Wildman–Crippen MR) is 63.5 cm³/mol. The van der Waals surface area contributed by atoms with Gasteiger partial charge in [0.2, 0.25) is 0 Å². The molecule has 84 valence electrons. The lowest BCUT2D eigenvalue weighted by Gasteiger charge is -2.32. The molecular formula is C13H27N. The predicted octanol–water partition coefficient (Wildman–Crippen LogP) is 3.54. The molecule has 0 aromatic carbocycles. The topological polar surface area (TPSA) is 3.24 Å². The smallest absolute Gasteiger partial charge is 0.0125 e. The van der Waals surface area contributed by atoms with Gasteiger partial charge in [0.1, 0.15) is 0 Å². The molecule has 1 nitrogen and oxygen atoms in total. The Balaban J connectivity index is 2.42. The molecule has 0 aliphatic carbocycles. The third-order valence-electron chi connectivity index (χ3n) is 3.14. The fourth-order valence-corrected chi connectivity index (χ4v) is 2.47. The lowest BCUT2D eigenvalue weighted by molar-refractivity contribution is 0.161. The van der Waals surface area contributed by atoms with Crippen LogP contribution in [0.2, 0.25) is 0 Å². The first-order valence-electron chi connectivity index (χ1n) is 5.93. The van der Waals surface area contributed by atoms with Crippen molar-refractivity contribution in [3.8, 4) is 0 Å². The molecule has 0 radical (unpaired) electrons. The first-order valence-corrected chi connectivity index (χ1v) is 5.93. The fraction of sp³-hybridized carbons (Fsp3) is 1.00. The van der Waals surface area contributed by atoms with Gasteiger partial charge in [0.05, 0.1) is 0 Å². The summed E-state index contributed by atoms with van der Waals surface area (Å²) >= 11 is 0. The summed E-state index contributed by atoms with van der Waals surface area (Å²) in [6, 6.07) is 0. The Morgan fingerprint density at radius 3 is 2.00 bits per heavy atom. The molecule has 0 aromatic rings. The zero-order valence-electron chi connectivity index (χ0n) is 10.9. The van der Waals surface area contributed by atoms with Crippen LogP contribution in [0, 0.1) is 11.3 Å². The Kier molecular flexibility index (Phi) is 3.30. The van der Waals surface area contributed by atoms with Crippen LogP contribution in [0.15, 0.2) is 0 Å². The molecular weight excluding hydrogens is 170 g/mol.